The fourth-order valence-corrected chi connectivity index (χ4v) is 2.37. The van der Waals surface area contributed by atoms with Crippen LogP contribution in [0.25, 0.3) is 0 Å². The molecule has 2 N–H and O–H groups in total. The average Bonchev–Trinajstić information content (AvgIpc) is 2.49. The summed E-state index contributed by atoms with van der Waals surface area (Å²) in [4.78, 5) is 13.1. The quantitative estimate of drug-likeness (QED) is 0.819. The Balaban J connectivity index is 2.02. The topological polar surface area (TPSA) is 44.4 Å². The van der Waals surface area contributed by atoms with E-state index in [2.05, 4.69) is 10.6 Å². The molecule has 1 aliphatic heterocycles. The average molecular weight is 337 g/mol. The predicted molar refractivity (Wildman–Crippen MR) is 73.0 cm³/mol. The minimum atomic E-state index is -4.50. The molecule has 0 aliphatic carbocycles. The van der Waals surface area contributed by atoms with E-state index in [-0.39, 0.29) is 18.7 Å². The number of halogens is 5. The first kappa shape index (κ1) is 17.6. The molecule has 1 amide bonds. The maximum atomic E-state index is 13.2. The van der Waals surface area contributed by atoms with Gasteiger partial charge in [-0.2, -0.15) is 13.2 Å². The third-order valence-corrected chi connectivity index (χ3v) is 3.61. The van der Waals surface area contributed by atoms with Crippen LogP contribution in [0.1, 0.15) is 10.4 Å². The second-order valence-corrected chi connectivity index (χ2v) is 5.18. The molecule has 1 saturated heterocycles. The van der Waals surface area contributed by atoms with Gasteiger partial charge in [0.15, 0.2) is 11.6 Å². The van der Waals surface area contributed by atoms with Crippen LogP contribution < -0.4 is 10.6 Å². The minimum absolute atomic E-state index is 0.214. The maximum absolute atomic E-state index is 13.2. The third kappa shape index (κ3) is 4.61. The molecule has 1 unspecified atom stereocenters. The number of rotatable bonds is 4. The van der Waals surface area contributed by atoms with Crippen LogP contribution in [0.2, 0.25) is 0 Å². The molecule has 1 aromatic rings. The van der Waals surface area contributed by atoms with Gasteiger partial charge in [0.1, 0.15) is 6.04 Å². The summed E-state index contributed by atoms with van der Waals surface area (Å²) in [7, 11) is 0. The Labute approximate surface area is 129 Å². The summed E-state index contributed by atoms with van der Waals surface area (Å²) < 4.78 is 65.3. The highest BCUT2D eigenvalue weighted by molar-refractivity contribution is 5.94. The molecule has 0 radical (unpaired) electrons. The van der Waals surface area contributed by atoms with Crippen LogP contribution in [0.5, 0.6) is 0 Å². The Hall–Kier alpha value is -1.74. The van der Waals surface area contributed by atoms with Gasteiger partial charge in [-0.05, 0) is 18.2 Å². The summed E-state index contributed by atoms with van der Waals surface area (Å²) in [6, 6.07) is 0.597. The number of carbonyl (C=O) groups excluding carboxylic acids is 1. The van der Waals surface area contributed by atoms with E-state index in [1.807, 2.05) is 0 Å². The zero-order valence-electron chi connectivity index (χ0n) is 12.1. The van der Waals surface area contributed by atoms with Crippen molar-refractivity contribution in [2.24, 2.45) is 0 Å². The molecule has 128 valence electrons. The second-order valence-electron chi connectivity index (χ2n) is 5.18. The monoisotopic (exact) mass is 337 g/mol. The van der Waals surface area contributed by atoms with Crippen LogP contribution in [0.4, 0.5) is 22.0 Å². The molecule has 2 rings (SSSR count). The molecule has 9 heteroatoms. The van der Waals surface area contributed by atoms with Gasteiger partial charge in [0.05, 0.1) is 0 Å². The van der Waals surface area contributed by atoms with Crippen molar-refractivity contribution < 1.29 is 26.7 Å². The number of amides is 1. The van der Waals surface area contributed by atoms with E-state index in [4.69, 9.17) is 0 Å². The fourth-order valence-electron chi connectivity index (χ4n) is 2.37. The summed E-state index contributed by atoms with van der Waals surface area (Å²) in [5.41, 5.74) is -0.231. The summed E-state index contributed by atoms with van der Waals surface area (Å²) in [6.07, 6.45) is -4.50. The first-order valence-corrected chi connectivity index (χ1v) is 7.04. The molecule has 1 aliphatic rings. The second kappa shape index (κ2) is 7.22. The van der Waals surface area contributed by atoms with Crippen LogP contribution in [0.15, 0.2) is 18.2 Å². The Morgan fingerprint density at radius 2 is 1.87 bits per heavy atom. The van der Waals surface area contributed by atoms with Gasteiger partial charge in [-0.3, -0.25) is 9.69 Å². The highest BCUT2D eigenvalue weighted by Crippen LogP contribution is 2.24. The van der Waals surface area contributed by atoms with Crippen LogP contribution in [-0.4, -0.2) is 55.7 Å². The van der Waals surface area contributed by atoms with E-state index in [1.165, 1.54) is 4.90 Å². The third-order valence-electron chi connectivity index (χ3n) is 3.61. The largest absolute Gasteiger partial charge is 0.405 e. The number of benzene rings is 1. The molecular formula is C14H16F5N3O. The van der Waals surface area contributed by atoms with Crippen molar-refractivity contribution in [3.63, 3.8) is 0 Å². The highest BCUT2D eigenvalue weighted by Gasteiger charge is 2.43. The first-order chi connectivity index (χ1) is 10.8. The van der Waals surface area contributed by atoms with E-state index < -0.39 is 36.3 Å². The normalized spacial score (nSPS) is 17.8. The van der Waals surface area contributed by atoms with E-state index in [0.29, 0.717) is 19.2 Å². The smallest absolute Gasteiger partial charge is 0.350 e. The van der Waals surface area contributed by atoms with Gasteiger partial charge in [-0.15, -0.1) is 0 Å². The minimum Gasteiger partial charge on any atom is -0.350 e. The highest BCUT2D eigenvalue weighted by atomic mass is 19.4. The van der Waals surface area contributed by atoms with Crippen LogP contribution in [-0.2, 0) is 0 Å². The Kier molecular flexibility index (Phi) is 5.53. The number of hydrogen-bond acceptors (Lipinski definition) is 3. The van der Waals surface area contributed by atoms with Gasteiger partial charge in [-0.1, -0.05) is 0 Å². The summed E-state index contributed by atoms with van der Waals surface area (Å²) in [6.45, 7) is 0.644. The Bertz CT molecular complexity index is 558. The van der Waals surface area contributed by atoms with Crippen molar-refractivity contribution >= 4 is 5.91 Å². The number of hydrogen-bond donors (Lipinski definition) is 2. The van der Waals surface area contributed by atoms with Crippen LogP contribution in [0.3, 0.4) is 0 Å². The van der Waals surface area contributed by atoms with E-state index in [1.54, 1.807) is 0 Å². The number of nitrogens with zero attached hydrogens (tertiary/aromatic N) is 1. The summed E-state index contributed by atoms with van der Waals surface area (Å²) in [5, 5.41) is 5.09. The molecule has 0 saturated carbocycles. The van der Waals surface area contributed by atoms with E-state index >= 15 is 0 Å². The van der Waals surface area contributed by atoms with Crippen molar-refractivity contribution in [1.82, 2.24) is 15.5 Å². The predicted octanol–water partition coefficient (Wildman–Crippen LogP) is 1.53. The molecule has 1 fully saturated rings. The van der Waals surface area contributed by atoms with Gasteiger partial charge in [-0.25, -0.2) is 8.78 Å². The lowest BCUT2D eigenvalue weighted by atomic mass is 10.1. The summed E-state index contributed by atoms with van der Waals surface area (Å²) in [5.74, 6) is -3.24. The molecule has 0 bridgehead atoms. The Morgan fingerprint density at radius 1 is 1.22 bits per heavy atom. The number of piperazine rings is 1. The van der Waals surface area contributed by atoms with Gasteiger partial charge in [0, 0.05) is 38.3 Å². The van der Waals surface area contributed by atoms with Crippen molar-refractivity contribution in [2.75, 3.05) is 32.7 Å². The molecular weight excluding hydrogens is 321 g/mol. The SMILES string of the molecule is O=C(NCC(N1CCNCC1)C(F)(F)F)c1ccc(F)c(F)c1. The molecule has 1 aromatic carbocycles. The van der Waals surface area contributed by atoms with Crippen molar-refractivity contribution in [1.29, 1.82) is 0 Å². The molecule has 23 heavy (non-hydrogen) atoms. The molecule has 4 nitrogen and oxygen atoms in total. The van der Waals surface area contributed by atoms with Crippen molar-refractivity contribution in [3.05, 3.63) is 35.4 Å². The number of alkyl halides is 3. The number of carbonyl (C=O) groups is 1. The van der Waals surface area contributed by atoms with Crippen molar-refractivity contribution in [3.8, 4) is 0 Å². The van der Waals surface area contributed by atoms with Gasteiger partial charge in [0.2, 0.25) is 0 Å². The van der Waals surface area contributed by atoms with Gasteiger partial charge >= 0.3 is 6.18 Å². The molecule has 1 heterocycles. The van der Waals surface area contributed by atoms with Gasteiger partial charge in [0.25, 0.3) is 5.91 Å². The fraction of sp³-hybridized carbons (Fsp3) is 0.500. The molecule has 0 spiro atoms. The first-order valence-electron chi connectivity index (χ1n) is 7.04. The van der Waals surface area contributed by atoms with Gasteiger partial charge < -0.3 is 10.6 Å². The lowest BCUT2D eigenvalue weighted by Gasteiger charge is -2.35. The maximum Gasteiger partial charge on any atom is 0.405 e. The van der Waals surface area contributed by atoms with E-state index in [9.17, 15) is 26.7 Å². The zero-order valence-corrected chi connectivity index (χ0v) is 12.1. The van der Waals surface area contributed by atoms with Crippen LogP contribution >= 0.6 is 0 Å². The van der Waals surface area contributed by atoms with Crippen LogP contribution in [0, 0.1) is 11.6 Å². The van der Waals surface area contributed by atoms with Crippen molar-refractivity contribution in [2.45, 2.75) is 12.2 Å². The lowest BCUT2D eigenvalue weighted by molar-refractivity contribution is -0.183. The summed E-state index contributed by atoms with van der Waals surface area (Å²) >= 11 is 0. The van der Waals surface area contributed by atoms with E-state index in [0.717, 1.165) is 12.1 Å². The number of nitrogens with one attached hydrogen (secondary N) is 2. The standard InChI is InChI=1S/C14H16F5N3O/c15-10-2-1-9(7-11(10)16)13(23)21-8-12(14(17,18)19)22-5-3-20-4-6-22/h1-2,7,12,20H,3-6,8H2,(H,21,23). The lowest BCUT2D eigenvalue weighted by Crippen LogP contribution is -2.57. The molecule has 1 atom stereocenters. The zero-order chi connectivity index (χ0) is 17.0. The molecule has 0 aromatic heterocycles. The Morgan fingerprint density at radius 3 is 2.43 bits per heavy atom.